The maximum absolute atomic E-state index is 13.4. The van der Waals surface area contributed by atoms with Gasteiger partial charge < -0.3 is 0 Å². The zero-order valence-corrected chi connectivity index (χ0v) is 14.3. The van der Waals surface area contributed by atoms with E-state index in [2.05, 4.69) is 12.2 Å². The van der Waals surface area contributed by atoms with Gasteiger partial charge in [0.25, 0.3) is 0 Å². The van der Waals surface area contributed by atoms with Crippen LogP contribution in [0.4, 0.5) is 5.69 Å². The molecule has 3 nitrogen and oxygen atoms in total. The smallest absolute Gasteiger partial charge is 0.238 e. The molecule has 2 bridgehead atoms. The Morgan fingerprint density at radius 1 is 0.731 bits per heavy atom. The van der Waals surface area contributed by atoms with Gasteiger partial charge in [-0.15, -0.1) is 0 Å². The molecule has 3 fully saturated rings. The van der Waals surface area contributed by atoms with Gasteiger partial charge in [0.2, 0.25) is 11.8 Å². The lowest BCUT2D eigenvalue weighted by molar-refractivity contribution is -0.124. The largest absolute Gasteiger partial charge is 0.274 e. The molecule has 6 unspecified atom stereocenters. The summed E-state index contributed by atoms with van der Waals surface area (Å²) in [6, 6.07) is 17.8. The number of imide groups is 1. The lowest BCUT2D eigenvalue weighted by atomic mass is 9.63. The van der Waals surface area contributed by atoms with Crippen LogP contribution in [0.1, 0.15) is 6.42 Å². The van der Waals surface area contributed by atoms with E-state index in [0.717, 1.165) is 16.8 Å². The fraction of sp³-hybridized carbons (Fsp3) is 0.304. The molecule has 26 heavy (non-hydrogen) atoms. The van der Waals surface area contributed by atoms with E-state index in [0.29, 0.717) is 11.8 Å². The summed E-state index contributed by atoms with van der Waals surface area (Å²) in [7, 11) is 0. The maximum Gasteiger partial charge on any atom is 0.238 e. The van der Waals surface area contributed by atoms with E-state index in [-0.39, 0.29) is 35.5 Å². The normalized spacial score (nSPS) is 36.2. The Hall–Kier alpha value is -2.68. The molecule has 0 radical (unpaired) electrons. The Labute approximate surface area is 152 Å². The van der Waals surface area contributed by atoms with E-state index >= 15 is 0 Å². The first-order chi connectivity index (χ1) is 12.8. The van der Waals surface area contributed by atoms with Gasteiger partial charge >= 0.3 is 0 Å². The van der Waals surface area contributed by atoms with Gasteiger partial charge in [-0.05, 0) is 41.7 Å². The van der Waals surface area contributed by atoms with Crippen LogP contribution in [0.5, 0.6) is 0 Å². The number of hydrogen-bond donors (Lipinski definition) is 0. The topological polar surface area (TPSA) is 37.4 Å². The third-order valence-electron chi connectivity index (χ3n) is 6.89. The Balaban J connectivity index is 1.47. The van der Waals surface area contributed by atoms with Crippen LogP contribution < -0.4 is 4.90 Å². The molecule has 0 N–H and O–H groups in total. The fourth-order valence-corrected chi connectivity index (χ4v) is 5.72. The average molecular weight is 341 g/mol. The molecule has 2 aromatic carbocycles. The third kappa shape index (κ3) is 1.73. The van der Waals surface area contributed by atoms with Crippen molar-refractivity contribution in [3.05, 3.63) is 66.7 Å². The van der Waals surface area contributed by atoms with Crippen molar-refractivity contribution < 1.29 is 9.59 Å². The number of anilines is 1. The second-order valence-electron chi connectivity index (χ2n) is 8.05. The summed E-state index contributed by atoms with van der Waals surface area (Å²) in [4.78, 5) is 28.2. The highest BCUT2D eigenvalue weighted by Gasteiger charge is 2.67. The Morgan fingerprint density at radius 2 is 1.31 bits per heavy atom. The molecule has 2 amide bonds. The number of carbonyl (C=O) groups excluding carboxylic acids is 2. The van der Waals surface area contributed by atoms with Gasteiger partial charge in [0.15, 0.2) is 0 Å². The van der Waals surface area contributed by atoms with Gasteiger partial charge in [0, 0.05) is 5.56 Å². The maximum atomic E-state index is 13.4. The van der Waals surface area contributed by atoms with Crippen molar-refractivity contribution in [3.8, 4) is 11.1 Å². The molecule has 2 saturated carbocycles. The molecular formula is C23H19NO2. The molecule has 2 aromatic rings. The van der Waals surface area contributed by atoms with Crippen molar-refractivity contribution in [3.63, 3.8) is 0 Å². The summed E-state index contributed by atoms with van der Waals surface area (Å²) >= 11 is 0. The number of para-hydroxylation sites is 1. The number of benzene rings is 2. The van der Waals surface area contributed by atoms with E-state index in [1.165, 1.54) is 11.3 Å². The number of amides is 2. The van der Waals surface area contributed by atoms with Crippen LogP contribution in [0.15, 0.2) is 66.7 Å². The molecule has 0 spiro atoms. The predicted octanol–water partition coefficient (Wildman–Crippen LogP) is 3.91. The summed E-state index contributed by atoms with van der Waals surface area (Å²) in [6.07, 6.45) is 5.63. The van der Waals surface area contributed by atoms with Gasteiger partial charge in [0.05, 0.1) is 17.5 Å². The van der Waals surface area contributed by atoms with Crippen molar-refractivity contribution in [1.82, 2.24) is 0 Å². The fourth-order valence-electron chi connectivity index (χ4n) is 5.72. The molecule has 6 atom stereocenters. The van der Waals surface area contributed by atoms with E-state index in [1.54, 1.807) is 0 Å². The molecule has 1 heterocycles. The number of hydrogen-bond acceptors (Lipinski definition) is 2. The van der Waals surface area contributed by atoms with Gasteiger partial charge in [-0.1, -0.05) is 60.7 Å². The second kappa shape index (κ2) is 4.94. The van der Waals surface area contributed by atoms with Crippen LogP contribution in [0.3, 0.4) is 0 Å². The predicted molar refractivity (Wildman–Crippen MR) is 99.1 cm³/mol. The van der Waals surface area contributed by atoms with E-state index in [9.17, 15) is 9.59 Å². The average Bonchev–Trinajstić information content (AvgIpc) is 3.47. The second-order valence-corrected chi connectivity index (χ2v) is 8.05. The van der Waals surface area contributed by atoms with Crippen LogP contribution in [0.2, 0.25) is 0 Å². The molecule has 0 aromatic heterocycles. The summed E-state index contributed by atoms with van der Waals surface area (Å²) in [5.74, 6) is 1.51. The van der Waals surface area contributed by atoms with Crippen LogP contribution in [-0.2, 0) is 9.59 Å². The van der Waals surface area contributed by atoms with Crippen molar-refractivity contribution in [2.75, 3.05) is 4.90 Å². The summed E-state index contributed by atoms with van der Waals surface area (Å²) in [5, 5.41) is 0. The minimum atomic E-state index is -0.148. The van der Waals surface area contributed by atoms with E-state index in [1.807, 2.05) is 54.6 Å². The molecule has 1 saturated heterocycles. The van der Waals surface area contributed by atoms with Gasteiger partial charge in [-0.2, -0.15) is 0 Å². The Morgan fingerprint density at radius 3 is 1.96 bits per heavy atom. The highest BCUT2D eigenvalue weighted by atomic mass is 16.2. The van der Waals surface area contributed by atoms with Crippen LogP contribution >= 0.6 is 0 Å². The highest BCUT2D eigenvalue weighted by molar-refractivity contribution is 6.24. The SMILES string of the molecule is O=C1C2C3C=CC(C4CC34)C2C(=O)N1c1ccccc1-c1ccccc1. The zero-order chi connectivity index (χ0) is 17.4. The van der Waals surface area contributed by atoms with Crippen molar-refractivity contribution in [2.45, 2.75) is 6.42 Å². The minimum Gasteiger partial charge on any atom is -0.274 e. The van der Waals surface area contributed by atoms with Gasteiger partial charge in [-0.25, -0.2) is 4.90 Å². The van der Waals surface area contributed by atoms with Crippen LogP contribution in [-0.4, -0.2) is 11.8 Å². The lowest BCUT2D eigenvalue weighted by Gasteiger charge is -2.37. The molecule has 4 aliphatic carbocycles. The van der Waals surface area contributed by atoms with Gasteiger partial charge in [-0.3, -0.25) is 9.59 Å². The van der Waals surface area contributed by atoms with E-state index < -0.39 is 0 Å². The molecule has 1 aliphatic heterocycles. The summed E-state index contributed by atoms with van der Waals surface area (Å²) in [5.41, 5.74) is 2.71. The lowest BCUT2D eigenvalue weighted by Crippen LogP contribution is -2.40. The monoisotopic (exact) mass is 341 g/mol. The first kappa shape index (κ1) is 14.5. The first-order valence-corrected chi connectivity index (χ1v) is 9.46. The van der Waals surface area contributed by atoms with E-state index in [4.69, 9.17) is 0 Å². The van der Waals surface area contributed by atoms with Gasteiger partial charge in [0.1, 0.15) is 0 Å². The van der Waals surface area contributed by atoms with Crippen LogP contribution in [0.25, 0.3) is 11.1 Å². The third-order valence-corrected chi connectivity index (χ3v) is 6.89. The number of allylic oxidation sites excluding steroid dienone is 2. The highest BCUT2D eigenvalue weighted by Crippen LogP contribution is 2.65. The number of rotatable bonds is 2. The van der Waals surface area contributed by atoms with Crippen molar-refractivity contribution >= 4 is 17.5 Å². The van der Waals surface area contributed by atoms with Crippen molar-refractivity contribution in [2.24, 2.45) is 35.5 Å². The molecular weight excluding hydrogens is 322 g/mol. The molecule has 5 aliphatic rings. The number of carbonyl (C=O) groups is 2. The first-order valence-electron chi connectivity index (χ1n) is 9.46. The van der Waals surface area contributed by atoms with Crippen molar-refractivity contribution in [1.29, 1.82) is 0 Å². The standard InChI is InChI=1S/C23H19NO2/c25-22-20-15-10-11-16(18-12-17(15)18)21(20)23(26)24(22)19-9-5-4-8-14(19)13-6-2-1-3-7-13/h1-11,15-18,20-21H,12H2. The molecule has 7 rings (SSSR count). The Bertz CT molecular complexity index is 927. The molecule has 3 heteroatoms. The number of nitrogens with zero attached hydrogens (tertiary/aromatic N) is 1. The molecule has 128 valence electrons. The Kier molecular flexibility index (Phi) is 2.75. The quantitative estimate of drug-likeness (QED) is 0.613. The summed E-state index contributed by atoms with van der Waals surface area (Å²) in [6.45, 7) is 0. The van der Waals surface area contributed by atoms with Crippen LogP contribution in [0, 0.1) is 35.5 Å². The summed E-state index contributed by atoms with van der Waals surface area (Å²) < 4.78 is 0. The minimum absolute atomic E-state index is 0.00748. The zero-order valence-electron chi connectivity index (χ0n) is 14.3.